The number of rotatable bonds is 4. The zero-order chi connectivity index (χ0) is 13.9. The third kappa shape index (κ3) is 10.4. The molecule has 1 aromatic carbocycles. The van der Waals surface area contributed by atoms with Crippen LogP contribution < -0.4 is 0 Å². The molecule has 2 fully saturated rings. The van der Waals surface area contributed by atoms with Crippen LogP contribution in [0.3, 0.4) is 0 Å². The van der Waals surface area contributed by atoms with Gasteiger partial charge in [0.05, 0.1) is 26.4 Å². The van der Waals surface area contributed by atoms with Gasteiger partial charge in [-0.3, -0.25) is 0 Å². The Bertz CT molecular complexity index is 317. The van der Waals surface area contributed by atoms with Crippen molar-refractivity contribution in [3.05, 3.63) is 48.6 Å². The second kappa shape index (κ2) is 9.73. The summed E-state index contributed by atoms with van der Waals surface area (Å²) < 4.78 is 15.1. The Morgan fingerprint density at radius 3 is 1.84 bits per heavy atom. The first-order valence-corrected chi connectivity index (χ1v) is 6.66. The van der Waals surface area contributed by atoms with Crippen molar-refractivity contribution in [1.82, 2.24) is 0 Å². The molecule has 0 amide bonds. The summed E-state index contributed by atoms with van der Waals surface area (Å²) in [4.78, 5) is 0. The number of allylic oxidation sites excluding steroid dienone is 1. The molecule has 2 unspecified atom stereocenters. The van der Waals surface area contributed by atoms with E-state index in [4.69, 9.17) is 14.2 Å². The lowest BCUT2D eigenvalue weighted by atomic mass is 10.2. The van der Waals surface area contributed by atoms with Crippen LogP contribution in [0.25, 0.3) is 0 Å². The molecule has 0 aromatic heterocycles. The molecule has 0 radical (unpaired) electrons. The number of epoxide rings is 2. The molecule has 3 nitrogen and oxygen atoms in total. The molecule has 0 N–H and O–H groups in total. The van der Waals surface area contributed by atoms with Crippen molar-refractivity contribution in [2.45, 2.75) is 26.1 Å². The van der Waals surface area contributed by atoms with E-state index in [1.165, 1.54) is 5.56 Å². The summed E-state index contributed by atoms with van der Waals surface area (Å²) in [5.41, 5.74) is 1.32. The van der Waals surface area contributed by atoms with Crippen LogP contribution in [-0.2, 0) is 14.2 Å². The minimum Gasteiger partial charge on any atom is -0.376 e. The lowest BCUT2D eigenvalue weighted by Crippen LogP contribution is -2.06. The minimum absolute atomic E-state index is 0.392. The highest BCUT2D eigenvalue weighted by molar-refractivity contribution is 5.11. The summed E-state index contributed by atoms with van der Waals surface area (Å²) in [6.45, 7) is 10.6. The molecular formula is C16H24O3. The lowest BCUT2D eigenvalue weighted by molar-refractivity contribution is 0.102. The van der Waals surface area contributed by atoms with Gasteiger partial charge in [0.15, 0.2) is 0 Å². The van der Waals surface area contributed by atoms with Crippen molar-refractivity contribution in [2.75, 3.05) is 26.4 Å². The van der Waals surface area contributed by atoms with Crippen LogP contribution in [0.2, 0.25) is 0 Å². The zero-order valence-electron chi connectivity index (χ0n) is 11.9. The lowest BCUT2D eigenvalue weighted by Gasteiger charge is -1.95. The number of benzene rings is 1. The fourth-order valence-electron chi connectivity index (χ4n) is 1.19. The molecule has 0 aliphatic carbocycles. The Morgan fingerprint density at radius 1 is 1.16 bits per heavy atom. The summed E-state index contributed by atoms with van der Waals surface area (Å²) in [6.07, 6.45) is 2.53. The van der Waals surface area contributed by atoms with Crippen molar-refractivity contribution in [1.29, 1.82) is 0 Å². The molecule has 2 heterocycles. The molecule has 0 saturated carbocycles. The molecule has 0 bridgehead atoms. The quantitative estimate of drug-likeness (QED) is 0.619. The fraction of sp³-hybridized carbons (Fsp3) is 0.500. The van der Waals surface area contributed by atoms with E-state index in [0.717, 1.165) is 26.4 Å². The predicted molar refractivity (Wildman–Crippen MR) is 77.3 cm³/mol. The zero-order valence-corrected chi connectivity index (χ0v) is 11.9. The van der Waals surface area contributed by atoms with Crippen molar-refractivity contribution in [3.63, 3.8) is 0 Å². The van der Waals surface area contributed by atoms with E-state index in [0.29, 0.717) is 12.2 Å². The number of ether oxygens (including phenoxy) is 3. The number of hydrogen-bond acceptors (Lipinski definition) is 3. The molecule has 2 atom stereocenters. The van der Waals surface area contributed by atoms with Gasteiger partial charge in [-0.05, 0) is 13.8 Å². The second-order valence-electron chi connectivity index (χ2n) is 4.51. The monoisotopic (exact) mass is 264 g/mol. The van der Waals surface area contributed by atoms with Crippen LogP contribution in [0.1, 0.15) is 12.5 Å². The van der Waals surface area contributed by atoms with E-state index in [1.54, 1.807) is 6.08 Å². The van der Waals surface area contributed by atoms with Crippen LogP contribution >= 0.6 is 0 Å². The molecule has 3 rings (SSSR count). The first-order chi connectivity index (χ1) is 9.26. The minimum atomic E-state index is 0.392. The van der Waals surface area contributed by atoms with E-state index < -0.39 is 0 Å². The SMILES string of the molecule is C(OCC1CO1)C1CO1.C=CC.Cc1ccccc1. The van der Waals surface area contributed by atoms with E-state index in [9.17, 15) is 0 Å². The summed E-state index contributed by atoms with van der Waals surface area (Å²) >= 11 is 0. The average molecular weight is 264 g/mol. The highest BCUT2D eigenvalue weighted by Crippen LogP contribution is 2.12. The first-order valence-electron chi connectivity index (χ1n) is 6.66. The number of aryl methyl sites for hydroxylation is 1. The Kier molecular flexibility index (Phi) is 8.14. The predicted octanol–water partition coefficient (Wildman–Crippen LogP) is 2.99. The van der Waals surface area contributed by atoms with Crippen molar-refractivity contribution < 1.29 is 14.2 Å². The van der Waals surface area contributed by atoms with E-state index in [2.05, 4.69) is 25.6 Å². The fourth-order valence-corrected chi connectivity index (χ4v) is 1.19. The summed E-state index contributed by atoms with van der Waals surface area (Å²) in [6, 6.07) is 10.3. The Labute approximate surface area is 116 Å². The van der Waals surface area contributed by atoms with Gasteiger partial charge in [0, 0.05) is 0 Å². The molecule has 1 aromatic rings. The van der Waals surface area contributed by atoms with Crippen molar-refractivity contribution in [3.8, 4) is 0 Å². The summed E-state index contributed by atoms with van der Waals surface area (Å²) in [7, 11) is 0. The van der Waals surface area contributed by atoms with Gasteiger partial charge in [0.25, 0.3) is 0 Å². The van der Waals surface area contributed by atoms with Gasteiger partial charge < -0.3 is 14.2 Å². The second-order valence-corrected chi connectivity index (χ2v) is 4.51. The highest BCUT2D eigenvalue weighted by Gasteiger charge is 2.26. The summed E-state index contributed by atoms with van der Waals surface area (Å²) in [5, 5.41) is 0. The van der Waals surface area contributed by atoms with E-state index >= 15 is 0 Å². The largest absolute Gasteiger partial charge is 0.376 e. The van der Waals surface area contributed by atoms with E-state index in [1.807, 2.05) is 25.1 Å². The third-order valence-corrected chi connectivity index (χ3v) is 2.35. The van der Waals surface area contributed by atoms with Gasteiger partial charge in [-0.25, -0.2) is 0 Å². The van der Waals surface area contributed by atoms with Crippen LogP contribution in [0, 0.1) is 6.92 Å². The molecule has 2 saturated heterocycles. The third-order valence-electron chi connectivity index (χ3n) is 2.35. The first kappa shape index (κ1) is 15.9. The molecule has 2 aliphatic heterocycles. The average Bonchev–Trinajstić information content (AvgIpc) is 3.27. The van der Waals surface area contributed by atoms with Crippen LogP contribution in [0.4, 0.5) is 0 Å². The van der Waals surface area contributed by atoms with Gasteiger partial charge in [-0.1, -0.05) is 42.0 Å². The molecule has 0 spiro atoms. The van der Waals surface area contributed by atoms with Crippen LogP contribution in [0.5, 0.6) is 0 Å². The topological polar surface area (TPSA) is 34.3 Å². The smallest absolute Gasteiger partial charge is 0.104 e. The molecule has 19 heavy (non-hydrogen) atoms. The van der Waals surface area contributed by atoms with Crippen LogP contribution in [0.15, 0.2) is 43.0 Å². The molecule has 2 aliphatic rings. The van der Waals surface area contributed by atoms with Gasteiger partial charge in [-0.15, -0.1) is 6.58 Å². The Hall–Kier alpha value is -1.16. The van der Waals surface area contributed by atoms with Gasteiger partial charge in [-0.2, -0.15) is 0 Å². The molecule has 3 heteroatoms. The van der Waals surface area contributed by atoms with Crippen LogP contribution in [-0.4, -0.2) is 38.6 Å². The van der Waals surface area contributed by atoms with Gasteiger partial charge >= 0.3 is 0 Å². The number of hydrogen-bond donors (Lipinski definition) is 0. The maximum atomic E-state index is 5.23. The van der Waals surface area contributed by atoms with Gasteiger partial charge in [0.2, 0.25) is 0 Å². The highest BCUT2D eigenvalue weighted by atomic mass is 16.6. The van der Waals surface area contributed by atoms with Crippen molar-refractivity contribution >= 4 is 0 Å². The molecule has 106 valence electrons. The Balaban J connectivity index is 0.000000162. The van der Waals surface area contributed by atoms with E-state index in [-0.39, 0.29) is 0 Å². The maximum Gasteiger partial charge on any atom is 0.104 e. The normalized spacial score (nSPS) is 22.2. The molecular weight excluding hydrogens is 240 g/mol. The standard InChI is InChI=1S/C7H8.C6H10O3.C3H6/c1-7-5-3-2-4-6-7;1(5-3-8-5)7-2-6-4-9-6;1-3-2/h2-6H,1H3;5-6H,1-4H2;3H,1H2,2H3. The maximum absolute atomic E-state index is 5.23. The Morgan fingerprint density at radius 2 is 1.58 bits per heavy atom. The van der Waals surface area contributed by atoms with Gasteiger partial charge in [0.1, 0.15) is 12.2 Å². The summed E-state index contributed by atoms with van der Waals surface area (Å²) in [5.74, 6) is 0. The van der Waals surface area contributed by atoms with Crippen molar-refractivity contribution in [2.24, 2.45) is 0 Å².